The largest absolute Gasteiger partial charge is 0.331 e. The smallest absolute Gasteiger partial charge is 0.223 e. The molecule has 140 valence electrons. The second-order valence-electron chi connectivity index (χ2n) is 8.66. The van der Waals surface area contributed by atoms with Gasteiger partial charge in [0.2, 0.25) is 5.91 Å². The molecule has 2 nitrogen and oxygen atoms in total. The summed E-state index contributed by atoms with van der Waals surface area (Å²) in [6.45, 7) is 9.54. The number of hydrogen-bond acceptors (Lipinski definition) is 2. The molecular weight excluding hydrogens is 345 g/mol. The normalized spacial score (nSPS) is 18.5. The molecule has 2 aromatic rings. The fraction of sp³-hybridized carbons (Fsp3) is 0.500. The molecule has 1 amide bonds. The molecule has 0 saturated carbocycles. The number of carbonyl (C=O) groups excluding carboxylic acids is 1. The first-order valence-electron chi connectivity index (χ1n) is 9.36. The number of thiophene rings is 1. The Morgan fingerprint density at radius 1 is 1.27 bits per heavy atom. The van der Waals surface area contributed by atoms with Crippen molar-refractivity contribution in [2.45, 2.75) is 53.0 Å². The standard InChI is InChI=1S/C22H28FNOS/c1-15(14-22(2,3)4)13-20(25)24-11-9-19-18(10-12-26-19)21(24)16-5-7-17(23)8-6-16/h5-8,10,12,15,21H,9,11,13-14H2,1-4H3/t15-,21+/m1/s1. The van der Waals surface area contributed by atoms with Crippen molar-refractivity contribution >= 4 is 17.2 Å². The summed E-state index contributed by atoms with van der Waals surface area (Å²) in [7, 11) is 0. The van der Waals surface area contributed by atoms with E-state index in [-0.39, 0.29) is 23.2 Å². The fourth-order valence-electron chi connectivity index (χ4n) is 4.12. The second-order valence-corrected chi connectivity index (χ2v) is 9.67. The number of carbonyl (C=O) groups is 1. The molecule has 2 heterocycles. The van der Waals surface area contributed by atoms with Crippen molar-refractivity contribution in [3.63, 3.8) is 0 Å². The van der Waals surface area contributed by atoms with E-state index in [4.69, 9.17) is 0 Å². The Morgan fingerprint density at radius 3 is 2.62 bits per heavy atom. The van der Waals surface area contributed by atoms with E-state index in [0.29, 0.717) is 12.3 Å². The van der Waals surface area contributed by atoms with Gasteiger partial charge in [-0.15, -0.1) is 11.3 Å². The Morgan fingerprint density at radius 2 is 1.96 bits per heavy atom. The van der Waals surface area contributed by atoms with Crippen molar-refractivity contribution in [1.29, 1.82) is 0 Å². The number of fused-ring (bicyclic) bond motifs is 1. The fourth-order valence-corrected chi connectivity index (χ4v) is 5.03. The second kappa shape index (κ2) is 7.51. The molecule has 26 heavy (non-hydrogen) atoms. The lowest BCUT2D eigenvalue weighted by atomic mass is 9.83. The Kier molecular flexibility index (Phi) is 5.52. The third-order valence-corrected chi connectivity index (χ3v) is 5.95. The van der Waals surface area contributed by atoms with Crippen LogP contribution in [0.3, 0.4) is 0 Å². The van der Waals surface area contributed by atoms with Gasteiger partial charge in [-0.25, -0.2) is 4.39 Å². The van der Waals surface area contributed by atoms with E-state index in [2.05, 4.69) is 39.1 Å². The van der Waals surface area contributed by atoms with Crippen LogP contribution in [0.4, 0.5) is 4.39 Å². The zero-order chi connectivity index (χ0) is 18.9. The number of halogens is 1. The quantitative estimate of drug-likeness (QED) is 0.661. The van der Waals surface area contributed by atoms with E-state index in [9.17, 15) is 9.18 Å². The van der Waals surface area contributed by atoms with E-state index in [1.165, 1.54) is 22.6 Å². The highest BCUT2D eigenvalue weighted by molar-refractivity contribution is 7.10. The molecule has 4 heteroatoms. The summed E-state index contributed by atoms with van der Waals surface area (Å²) >= 11 is 1.75. The number of rotatable bonds is 4. The van der Waals surface area contributed by atoms with E-state index >= 15 is 0 Å². The average molecular weight is 374 g/mol. The molecule has 3 rings (SSSR count). The van der Waals surface area contributed by atoms with Gasteiger partial charge in [-0.3, -0.25) is 4.79 Å². The molecule has 0 fully saturated rings. The van der Waals surface area contributed by atoms with Crippen molar-refractivity contribution < 1.29 is 9.18 Å². The SMILES string of the molecule is C[C@H](CC(=O)N1CCc2sccc2[C@@H]1c1ccc(F)cc1)CC(C)(C)C. The Labute approximate surface area is 160 Å². The van der Waals surface area contributed by atoms with Gasteiger partial charge < -0.3 is 4.90 Å². The summed E-state index contributed by atoms with van der Waals surface area (Å²) in [6.07, 6.45) is 2.50. The Balaban J connectivity index is 1.85. The molecule has 0 bridgehead atoms. The maximum atomic E-state index is 13.4. The highest BCUT2D eigenvalue weighted by Gasteiger charge is 2.33. The van der Waals surface area contributed by atoms with Gasteiger partial charge in [0.05, 0.1) is 6.04 Å². The summed E-state index contributed by atoms with van der Waals surface area (Å²) in [5.41, 5.74) is 2.41. The van der Waals surface area contributed by atoms with Crippen molar-refractivity contribution in [2.24, 2.45) is 11.3 Å². The molecule has 0 unspecified atom stereocenters. The predicted molar refractivity (Wildman–Crippen MR) is 106 cm³/mol. The number of nitrogens with zero attached hydrogens (tertiary/aromatic N) is 1. The predicted octanol–water partition coefficient (Wildman–Crippen LogP) is 5.82. The highest BCUT2D eigenvalue weighted by Crippen LogP contribution is 2.38. The third kappa shape index (κ3) is 4.35. The lowest BCUT2D eigenvalue weighted by Crippen LogP contribution is -2.40. The minimum Gasteiger partial charge on any atom is -0.331 e. The Bertz CT molecular complexity index is 759. The van der Waals surface area contributed by atoms with Crippen LogP contribution in [0.15, 0.2) is 35.7 Å². The zero-order valence-electron chi connectivity index (χ0n) is 16.1. The molecule has 2 atom stereocenters. The molecule has 1 aromatic carbocycles. The van der Waals surface area contributed by atoms with Crippen LogP contribution in [0.5, 0.6) is 0 Å². The number of amides is 1. The van der Waals surface area contributed by atoms with Gasteiger partial charge in [-0.05, 0) is 58.9 Å². The third-order valence-electron chi connectivity index (χ3n) is 4.96. The first kappa shape index (κ1) is 19.1. The minimum absolute atomic E-state index is 0.0973. The van der Waals surface area contributed by atoms with Crippen molar-refractivity contribution in [3.8, 4) is 0 Å². The topological polar surface area (TPSA) is 20.3 Å². The summed E-state index contributed by atoms with van der Waals surface area (Å²) in [6, 6.07) is 8.62. The van der Waals surface area contributed by atoms with E-state index in [1.807, 2.05) is 17.0 Å². The average Bonchev–Trinajstić information content (AvgIpc) is 3.01. The van der Waals surface area contributed by atoms with Gasteiger partial charge >= 0.3 is 0 Å². The van der Waals surface area contributed by atoms with Gasteiger partial charge in [0, 0.05) is 17.8 Å². The zero-order valence-corrected chi connectivity index (χ0v) is 16.9. The lowest BCUT2D eigenvalue weighted by molar-refractivity contribution is -0.134. The summed E-state index contributed by atoms with van der Waals surface area (Å²) in [5, 5.41) is 2.09. The lowest BCUT2D eigenvalue weighted by Gasteiger charge is -2.37. The van der Waals surface area contributed by atoms with Crippen LogP contribution in [0.1, 0.15) is 62.6 Å². The Hall–Kier alpha value is -1.68. The van der Waals surface area contributed by atoms with Crippen LogP contribution in [-0.2, 0) is 11.2 Å². The molecule has 0 saturated heterocycles. The van der Waals surface area contributed by atoms with Gasteiger partial charge in [-0.2, -0.15) is 0 Å². The number of hydrogen-bond donors (Lipinski definition) is 0. The molecule has 1 aliphatic rings. The van der Waals surface area contributed by atoms with Crippen LogP contribution < -0.4 is 0 Å². The maximum absolute atomic E-state index is 13.4. The van der Waals surface area contributed by atoms with E-state index in [1.54, 1.807) is 11.3 Å². The van der Waals surface area contributed by atoms with Crippen LogP contribution in [0, 0.1) is 17.2 Å². The minimum atomic E-state index is -0.244. The van der Waals surface area contributed by atoms with Crippen molar-refractivity contribution in [3.05, 3.63) is 57.5 Å². The van der Waals surface area contributed by atoms with Crippen molar-refractivity contribution in [1.82, 2.24) is 4.90 Å². The molecule has 0 aliphatic carbocycles. The summed E-state index contributed by atoms with van der Waals surface area (Å²) in [4.78, 5) is 16.5. The number of benzene rings is 1. The molecule has 0 radical (unpaired) electrons. The monoisotopic (exact) mass is 373 g/mol. The van der Waals surface area contributed by atoms with Gasteiger partial charge in [0.15, 0.2) is 0 Å². The van der Waals surface area contributed by atoms with Crippen LogP contribution in [-0.4, -0.2) is 17.4 Å². The molecule has 0 spiro atoms. The van der Waals surface area contributed by atoms with Crippen LogP contribution in [0.2, 0.25) is 0 Å². The van der Waals surface area contributed by atoms with Crippen molar-refractivity contribution in [2.75, 3.05) is 6.54 Å². The summed E-state index contributed by atoms with van der Waals surface area (Å²) < 4.78 is 13.4. The van der Waals surface area contributed by atoms with Gasteiger partial charge in [-0.1, -0.05) is 39.8 Å². The molecule has 1 aliphatic heterocycles. The van der Waals surface area contributed by atoms with Gasteiger partial charge in [0.1, 0.15) is 5.82 Å². The first-order valence-corrected chi connectivity index (χ1v) is 10.2. The first-order chi connectivity index (χ1) is 12.2. The maximum Gasteiger partial charge on any atom is 0.223 e. The van der Waals surface area contributed by atoms with E-state index < -0.39 is 0 Å². The molecular formula is C22H28FNOS. The summed E-state index contributed by atoms with van der Waals surface area (Å²) in [5.74, 6) is 0.306. The van der Waals surface area contributed by atoms with Crippen LogP contribution in [0.25, 0.3) is 0 Å². The molecule has 0 N–H and O–H groups in total. The van der Waals surface area contributed by atoms with E-state index in [0.717, 1.165) is 24.9 Å². The van der Waals surface area contributed by atoms with Gasteiger partial charge in [0.25, 0.3) is 0 Å². The van der Waals surface area contributed by atoms with Crippen LogP contribution >= 0.6 is 11.3 Å². The highest BCUT2D eigenvalue weighted by atomic mass is 32.1. The molecule has 1 aromatic heterocycles.